The van der Waals surface area contributed by atoms with Crippen LogP contribution >= 0.6 is 0 Å². The molecule has 16 heavy (non-hydrogen) atoms. The van der Waals surface area contributed by atoms with E-state index in [0.29, 0.717) is 6.04 Å². The van der Waals surface area contributed by atoms with Gasteiger partial charge in [-0.1, -0.05) is 17.7 Å². The monoisotopic (exact) mass is 220 g/mol. The second-order valence-electron chi connectivity index (χ2n) is 4.71. The summed E-state index contributed by atoms with van der Waals surface area (Å²) in [7, 11) is 2.09. The van der Waals surface area contributed by atoms with E-state index in [2.05, 4.69) is 48.5 Å². The van der Waals surface area contributed by atoms with Crippen molar-refractivity contribution in [1.82, 2.24) is 5.32 Å². The Bertz CT molecular complexity index is 336. The first-order valence-corrected chi connectivity index (χ1v) is 5.84. The number of likely N-dealkylation sites (N-methyl/N-ethyl adjacent to an activating group) is 1. The van der Waals surface area contributed by atoms with E-state index in [1.165, 1.54) is 11.3 Å². The minimum atomic E-state index is -0.170. The molecular weight excluding hydrogens is 200 g/mol. The van der Waals surface area contributed by atoms with Crippen LogP contribution in [0.15, 0.2) is 24.3 Å². The van der Waals surface area contributed by atoms with Gasteiger partial charge in [-0.05, 0) is 25.5 Å². The highest BCUT2D eigenvalue weighted by Gasteiger charge is 2.22. The first kappa shape index (κ1) is 11.4. The molecule has 3 heteroatoms. The fourth-order valence-corrected chi connectivity index (χ4v) is 2.17. The molecule has 0 amide bonds. The standard InChI is InChI=1S/C13H20N2O/c1-10-3-5-12(6-4-10)15(2)9-11-7-13(16)8-14-11/h3-6,11,13-14,16H,7-9H2,1-2H3. The zero-order valence-electron chi connectivity index (χ0n) is 9.98. The number of hydrogen-bond acceptors (Lipinski definition) is 3. The molecule has 0 spiro atoms. The Hall–Kier alpha value is -1.06. The SMILES string of the molecule is Cc1ccc(N(C)CC2CC(O)CN2)cc1. The highest BCUT2D eigenvalue weighted by atomic mass is 16.3. The maximum atomic E-state index is 9.44. The third-order valence-electron chi connectivity index (χ3n) is 3.17. The average molecular weight is 220 g/mol. The Morgan fingerprint density at radius 1 is 1.38 bits per heavy atom. The van der Waals surface area contributed by atoms with E-state index in [1.54, 1.807) is 0 Å². The molecule has 0 saturated carbocycles. The fourth-order valence-electron chi connectivity index (χ4n) is 2.17. The molecule has 2 unspecified atom stereocenters. The Labute approximate surface area is 97.1 Å². The molecule has 1 aliphatic rings. The van der Waals surface area contributed by atoms with Crippen LogP contribution < -0.4 is 10.2 Å². The van der Waals surface area contributed by atoms with Crippen LogP contribution in [0.2, 0.25) is 0 Å². The third kappa shape index (κ3) is 2.74. The third-order valence-corrected chi connectivity index (χ3v) is 3.17. The van der Waals surface area contributed by atoms with E-state index in [1.807, 2.05) is 0 Å². The molecular formula is C13H20N2O. The van der Waals surface area contributed by atoms with Gasteiger partial charge in [0.2, 0.25) is 0 Å². The van der Waals surface area contributed by atoms with Crippen LogP contribution in [-0.2, 0) is 0 Å². The molecule has 1 aromatic carbocycles. The Morgan fingerprint density at radius 3 is 2.62 bits per heavy atom. The van der Waals surface area contributed by atoms with Crippen molar-refractivity contribution in [2.24, 2.45) is 0 Å². The van der Waals surface area contributed by atoms with Gasteiger partial charge in [-0.2, -0.15) is 0 Å². The van der Waals surface area contributed by atoms with Crippen LogP contribution in [0, 0.1) is 6.92 Å². The van der Waals surface area contributed by atoms with E-state index in [4.69, 9.17) is 0 Å². The van der Waals surface area contributed by atoms with Crippen molar-refractivity contribution >= 4 is 5.69 Å². The van der Waals surface area contributed by atoms with Crippen LogP contribution in [0.5, 0.6) is 0 Å². The predicted molar refractivity (Wildman–Crippen MR) is 66.9 cm³/mol. The number of β-amino-alcohol motifs (C(OH)–C–C–N with tert-alkyl or cyclic N) is 1. The van der Waals surface area contributed by atoms with Crippen molar-refractivity contribution in [2.45, 2.75) is 25.5 Å². The molecule has 1 heterocycles. The Balaban J connectivity index is 1.92. The molecule has 2 atom stereocenters. The number of anilines is 1. The number of aliphatic hydroxyl groups is 1. The van der Waals surface area contributed by atoms with Crippen molar-refractivity contribution in [2.75, 3.05) is 25.0 Å². The van der Waals surface area contributed by atoms with Crippen LogP contribution in [0.4, 0.5) is 5.69 Å². The van der Waals surface area contributed by atoms with Crippen LogP contribution in [0.25, 0.3) is 0 Å². The summed E-state index contributed by atoms with van der Waals surface area (Å²) < 4.78 is 0. The first-order chi connectivity index (χ1) is 7.65. The number of aliphatic hydroxyl groups excluding tert-OH is 1. The quantitative estimate of drug-likeness (QED) is 0.802. The summed E-state index contributed by atoms with van der Waals surface area (Å²) in [5.41, 5.74) is 2.51. The van der Waals surface area contributed by atoms with E-state index in [9.17, 15) is 5.11 Å². The molecule has 1 saturated heterocycles. The largest absolute Gasteiger partial charge is 0.392 e. The highest BCUT2D eigenvalue weighted by Crippen LogP contribution is 2.15. The molecule has 1 aliphatic heterocycles. The zero-order chi connectivity index (χ0) is 11.5. The van der Waals surface area contributed by atoms with Gasteiger partial charge < -0.3 is 15.3 Å². The Kier molecular flexibility index (Phi) is 3.46. The van der Waals surface area contributed by atoms with Crippen molar-refractivity contribution in [1.29, 1.82) is 0 Å². The van der Waals surface area contributed by atoms with Crippen LogP contribution in [0.3, 0.4) is 0 Å². The molecule has 0 aromatic heterocycles. The topological polar surface area (TPSA) is 35.5 Å². The minimum Gasteiger partial charge on any atom is -0.392 e. The van der Waals surface area contributed by atoms with Crippen LogP contribution in [0.1, 0.15) is 12.0 Å². The molecule has 0 radical (unpaired) electrons. The summed E-state index contributed by atoms with van der Waals surface area (Å²) in [6.45, 7) is 3.77. The van der Waals surface area contributed by atoms with Gasteiger partial charge in [0, 0.05) is 31.9 Å². The molecule has 1 fully saturated rings. The van der Waals surface area contributed by atoms with E-state index in [-0.39, 0.29) is 6.10 Å². The highest BCUT2D eigenvalue weighted by molar-refractivity contribution is 5.46. The van der Waals surface area contributed by atoms with E-state index < -0.39 is 0 Å². The lowest BCUT2D eigenvalue weighted by Crippen LogP contribution is -2.35. The van der Waals surface area contributed by atoms with Crippen molar-refractivity contribution in [3.8, 4) is 0 Å². The number of hydrogen-bond donors (Lipinski definition) is 2. The maximum Gasteiger partial charge on any atom is 0.0680 e. The van der Waals surface area contributed by atoms with Gasteiger partial charge in [0.1, 0.15) is 0 Å². The number of nitrogens with zero attached hydrogens (tertiary/aromatic N) is 1. The van der Waals surface area contributed by atoms with Crippen molar-refractivity contribution < 1.29 is 5.11 Å². The average Bonchev–Trinajstić information content (AvgIpc) is 2.65. The second kappa shape index (κ2) is 4.85. The molecule has 1 aromatic rings. The maximum absolute atomic E-state index is 9.44. The summed E-state index contributed by atoms with van der Waals surface area (Å²) in [4.78, 5) is 2.23. The Morgan fingerprint density at radius 2 is 2.06 bits per heavy atom. The van der Waals surface area contributed by atoms with Crippen LogP contribution in [-0.4, -0.2) is 37.4 Å². The predicted octanol–water partition coefficient (Wildman–Crippen LogP) is 1.15. The summed E-state index contributed by atoms with van der Waals surface area (Å²) in [5.74, 6) is 0. The molecule has 2 rings (SSSR count). The minimum absolute atomic E-state index is 0.170. The van der Waals surface area contributed by atoms with Gasteiger partial charge in [-0.15, -0.1) is 0 Å². The van der Waals surface area contributed by atoms with E-state index in [0.717, 1.165) is 19.5 Å². The van der Waals surface area contributed by atoms with E-state index >= 15 is 0 Å². The van der Waals surface area contributed by atoms with Gasteiger partial charge in [0.15, 0.2) is 0 Å². The number of benzene rings is 1. The van der Waals surface area contributed by atoms with Gasteiger partial charge >= 0.3 is 0 Å². The lowest BCUT2D eigenvalue weighted by molar-refractivity contribution is 0.193. The smallest absolute Gasteiger partial charge is 0.0680 e. The zero-order valence-corrected chi connectivity index (χ0v) is 9.98. The normalized spacial score (nSPS) is 24.7. The molecule has 0 bridgehead atoms. The van der Waals surface area contributed by atoms with Gasteiger partial charge in [0.05, 0.1) is 6.10 Å². The molecule has 0 aliphatic carbocycles. The number of aryl methyl sites for hydroxylation is 1. The fraction of sp³-hybridized carbons (Fsp3) is 0.538. The lowest BCUT2D eigenvalue weighted by Gasteiger charge is -2.23. The lowest BCUT2D eigenvalue weighted by atomic mass is 10.1. The van der Waals surface area contributed by atoms with Gasteiger partial charge in [-0.25, -0.2) is 0 Å². The van der Waals surface area contributed by atoms with Gasteiger partial charge in [-0.3, -0.25) is 0 Å². The summed E-state index contributed by atoms with van der Waals surface area (Å²) in [5, 5.41) is 12.8. The summed E-state index contributed by atoms with van der Waals surface area (Å²) in [6.07, 6.45) is 0.687. The summed E-state index contributed by atoms with van der Waals surface area (Å²) >= 11 is 0. The molecule has 3 nitrogen and oxygen atoms in total. The van der Waals surface area contributed by atoms with Crippen molar-refractivity contribution in [3.63, 3.8) is 0 Å². The second-order valence-corrected chi connectivity index (χ2v) is 4.71. The van der Waals surface area contributed by atoms with Gasteiger partial charge in [0.25, 0.3) is 0 Å². The number of rotatable bonds is 3. The van der Waals surface area contributed by atoms with Crippen molar-refractivity contribution in [3.05, 3.63) is 29.8 Å². The number of nitrogens with one attached hydrogen (secondary N) is 1. The summed E-state index contributed by atoms with van der Waals surface area (Å²) in [6, 6.07) is 8.94. The molecule has 88 valence electrons. The molecule has 2 N–H and O–H groups in total. The first-order valence-electron chi connectivity index (χ1n) is 5.84.